The van der Waals surface area contributed by atoms with Gasteiger partial charge in [0.15, 0.2) is 0 Å². The fourth-order valence-electron chi connectivity index (χ4n) is 2.87. The third-order valence-electron chi connectivity index (χ3n) is 4.27. The second-order valence-corrected chi connectivity index (χ2v) is 6.28. The highest BCUT2D eigenvalue weighted by atomic mass is 16.5. The van der Waals surface area contributed by atoms with E-state index >= 15 is 0 Å². The molecule has 0 aliphatic carbocycles. The lowest BCUT2D eigenvalue weighted by molar-refractivity contribution is 0.0958. The van der Waals surface area contributed by atoms with Crippen LogP contribution in [0.2, 0.25) is 0 Å². The van der Waals surface area contributed by atoms with Crippen molar-refractivity contribution < 1.29 is 19.4 Å². The number of nitrogens with zero attached hydrogens (tertiary/aromatic N) is 3. The van der Waals surface area contributed by atoms with Gasteiger partial charge >= 0.3 is 6.03 Å². The van der Waals surface area contributed by atoms with Gasteiger partial charge < -0.3 is 19.5 Å². The summed E-state index contributed by atoms with van der Waals surface area (Å²) in [5, 5.41) is 16.8. The van der Waals surface area contributed by atoms with Gasteiger partial charge in [-0.15, -0.1) is 0 Å². The molecule has 1 aliphatic heterocycles. The fourth-order valence-corrected chi connectivity index (χ4v) is 2.87. The lowest BCUT2D eigenvalue weighted by Crippen LogP contribution is -2.40. The number of amides is 2. The number of hydrogen-bond acceptors (Lipinski definition) is 5. The number of aryl methyl sites for hydroxylation is 1. The minimum Gasteiger partial charge on any atom is -0.497 e. The number of hydrogen-bond donors (Lipinski definition) is 2. The first kappa shape index (κ1) is 18.2. The summed E-state index contributed by atoms with van der Waals surface area (Å²) in [4.78, 5) is 14.4. The Morgan fingerprint density at radius 3 is 2.88 bits per heavy atom. The first-order valence-corrected chi connectivity index (χ1v) is 8.56. The molecule has 26 heavy (non-hydrogen) atoms. The largest absolute Gasteiger partial charge is 0.497 e. The molecule has 0 bridgehead atoms. The predicted molar refractivity (Wildman–Crippen MR) is 96.8 cm³/mol. The molecule has 8 heteroatoms. The van der Waals surface area contributed by atoms with Crippen LogP contribution >= 0.6 is 0 Å². The Labute approximate surface area is 152 Å². The Balaban J connectivity index is 1.77. The topological polar surface area (TPSA) is 88.9 Å². The van der Waals surface area contributed by atoms with Crippen molar-refractivity contribution in [2.45, 2.75) is 6.92 Å². The van der Waals surface area contributed by atoms with Crippen LogP contribution < -0.4 is 10.1 Å². The van der Waals surface area contributed by atoms with Gasteiger partial charge in [-0.05, 0) is 31.2 Å². The lowest BCUT2D eigenvalue weighted by atomic mass is 10.2. The van der Waals surface area contributed by atoms with Gasteiger partial charge in [0.25, 0.3) is 0 Å². The highest BCUT2D eigenvalue weighted by Crippen LogP contribution is 2.20. The van der Waals surface area contributed by atoms with E-state index in [2.05, 4.69) is 10.4 Å². The molecule has 2 aromatic rings. The van der Waals surface area contributed by atoms with Crippen LogP contribution in [0.25, 0.3) is 5.69 Å². The number of benzene rings is 1. The first-order chi connectivity index (χ1) is 12.6. The summed E-state index contributed by atoms with van der Waals surface area (Å²) in [6.45, 7) is 3.73. The molecular weight excluding hydrogens is 336 g/mol. The smallest absolute Gasteiger partial charge is 0.323 e. The molecule has 1 atom stereocenters. The maximum atomic E-state index is 12.7. The molecule has 2 amide bonds. The Morgan fingerprint density at radius 2 is 2.19 bits per heavy atom. The monoisotopic (exact) mass is 360 g/mol. The van der Waals surface area contributed by atoms with E-state index in [4.69, 9.17) is 9.47 Å². The normalized spacial score (nSPS) is 17.7. The molecule has 0 saturated carbocycles. The third kappa shape index (κ3) is 4.14. The lowest BCUT2D eigenvalue weighted by Gasteiger charge is -2.23. The van der Waals surface area contributed by atoms with Crippen molar-refractivity contribution in [2.24, 2.45) is 5.92 Å². The van der Waals surface area contributed by atoms with Gasteiger partial charge in [-0.2, -0.15) is 5.10 Å². The van der Waals surface area contributed by atoms with Crippen molar-refractivity contribution in [3.63, 3.8) is 0 Å². The highest BCUT2D eigenvalue weighted by molar-refractivity contribution is 5.88. The molecule has 8 nitrogen and oxygen atoms in total. The third-order valence-corrected chi connectivity index (χ3v) is 4.27. The van der Waals surface area contributed by atoms with Gasteiger partial charge in [-0.25, -0.2) is 9.48 Å². The van der Waals surface area contributed by atoms with E-state index in [9.17, 15) is 9.90 Å². The van der Waals surface area contributed by atoms with E-state index in [1.807, 2.05) is 37.3 Å². The molecule has 140 valence electrons. The second kappa shape index (κ2) is 8.20. The number of ether oxygens (including phenoxy) is 2. The van der Waals surface area contributed by atoms with Crippen LogP contribution in [0, 0.1) is 12.8 Å². The number of aliphatic hydroxyl groups is 1. The predicted octanol–water partition coefficient (Wildman–Crippen LogP) is 1.66. The van der Waals surface area contributed by atoms with Crippen molar-refractivity contribution in [2.75, 3.05) is 45.3 Å². The molecule has 1 saturated heterocycles. The zero-order valence-electron chi connectivity index (χ0n) is 15.0. The number of nitrogens with one attached hydrogen (secondary N) is 1. The Hall–Kier alpha value is -2.58. The standard InChI is InChI=1S/C18H24N4O4/c1-13-9-17(22(20-13)15-3-5-16(25-2)6-4-15)19-18(24)21-7-8-26-12-14(10-21)11-23/h3-6,9,14,23H,7-8,10-12H2,1-2H3,(H,19,24)/t14-/m1/s1. The van der Waals surface area contributed by atoms with Crippen molar-refractivity contribution in [3.8, 4) is 11.4 Å². The molecule has 1 fully saturated rings. The zero-order valence-corrected chi connectivity index (χ0v) is 15.0. The minimum absolute atomic E-state index is 0.00727. The Kier molecular flexibility index (Phi) is 5.75. The number of anilines is 1. The number of aliphatic hydroxyl groups excluding tert-OH is 1. The fraction of sp³-hybridized carbons (Fsp3) is 0.444. The van der Waals surface area contributed by atoms with Crippen LogP contribution in [0.5, 0.6) is 5.75 Å². The quantitative estimate of drug-likeness (QED) is 0.866. The summed E-state index contributed by atoms with van der Waals surface area (Å²) in [7, 11) is 1.61. The van der Waals surface area contributed by atoms with Crippen LogP contribution in [0.3, 0.4) is 0 Å². The van der Waals surface area contributed by atoms with E-state index < -0.39 is 0 Å². The van der Waals surface area contributed by atoms with E-state index in [0.717, 1.165) is 17.1 Å². The van der Waals surface area contributed by atoms with Crippen LogP contribution in [-0.4, -0.2) is 65.8 Å². The number of methoxy groups -OCH3 is 1. The summed E-state index contributed by atoms with van der Waals surface area (Å²) in [5.74, 6) is 1.27. The van der Waals surface area contributed by atoms with E-state index in [1.165, 1.54) is 0 Å². The second-order valence-electron chi connectivity index (χ2n) is 6.28. The van der Waals surface area contributed by atoms with E-state index in [-0.39, 0.29) is 18.6 Å². The van der Waals surface area contributed by atoms with Crippen molar-refractivity contribution in [3.05, 3.63) is 36.0 Å². The number of urea groups is 1. The molecule has 0 spiro atoms. The molecular formula is C18H24N4O4. The molecule has 3 rings (SSSR count). The molecule has 2 heterocycles. The summed E-state index contributed by atoms with van der Waals surface area (Å²) < 4.78 is 12.3. The number of aromatic nitrogens is 2. The molecule has 1 aliphatic rings. The van der Waals surface area contributed by atoms with Gasteiger partial charge in [0, 0.05) is 31.7 Å². The molecule has 0 radical (unpaired) electrons. The van der Waals surface area contributed by atoms with E-state index in [0.29, 0.717) is 32.1 Å². The first-order valence-electron chi connectivity index (χ1n) is 8.56. The average Bonchev–Trinajstić information content (AvgIpc) is 2.87. The number of carbonyl (C=O) groups excluding carboxylic acids is 1. The molecule has 0 unspecified atom stereocenters. The van der Waals surface area contributed by atoms with Crippen LogP contribution in [0.1, 0.15) is 5.69 Å². The number of rotatable bonds is 4. The maximum Gasteiger partial charge on any atom is 0.323 e. The van der Waals surface area contributed by atoms with Gasteiger partial charge in [0.05, 0.1) is 31.7 Å². The SMILES string of the molecule is COc1ccc(-n2nc(C)cc2NC(=O)N2CCOC[C@@H](CO)C2)cc1. The minimum atomic E-state index is -0.233. The highest BCUT2D eigenvalue weighted by Gasteiger charge is 2.23. The Morgan fingerprint density at radius 1 is 1.42 bits per heavy atom. The summed E-state index contributed by atoms with van der Waals surface area (Å²) in [6.07, 6.45) is 0. The molecule has 1 aromatic heterocycles. The van der Waals surface area contributed by atoms with Crippen LogP contribution in [0.15, 0.2) is 30.3 Å². The molecule has 2 N–H and O–H groups in total. The Bertz CT molecular complexity index is 744. The van der Waals surface area contributed by atoms with Gasteiger partial charge in [-0.3, -0.25) is 5.32 Å². The summed E-state index contributed by atoms with van der Waals surface area (Å²) in [5.41, 5.74) is 1.62. The zero-order chi connectivity index (χ0) is 18.5. The maximum absolute atomic E-state index is 12.7. The van der Waals surface area contributed by atoms with Crippen LogP contribution in [0.4, 0.5) is 10.6 Å². The van der Waals surface area contributed by atoms with Crippen LogP contribution in [-0.2, 0) is 4.74 Å². The summed E-state index contributed by atoms with van der Waals surface area (Å²) >= 11 is 0. The van der Waals surface area contributed by atoms with Gasteiger partial charge in [0.1, 0.15) is 11.6 Å². The molecule has 1 aromatic carbocycles. The number of carbonyl (C=O) groups is 1. The average molecular weight is 360 g/mol. The summed E-state index contributed by atoms with van der Waals surface area (Å²) in [6, 6.07) is 9.03. The van der Waals surface area contributed by atoms with Gasteiger partial charge in [-0.1, -0.05) is 0 Å². The van der Waals surface area contributed by atoms with E-state index in [1.54, 1.807) is 16.7 Å². The van der Waals surface area contributed by atoms with Crippen molar-refractivity contribution in [1.29, 1.82) is 0 Å². The van der Waals surface area contributed by atoms with Crippen molar-refractivity contribution in [1.82, 2.24) is 14.7 Å². The van der Waals surface area contributed by atoms with Crippen molar-refractivity contribution >= 4 is 11.8 Å². The van der Waals surface area contributed by atoms with Gasteiger partial charge in [0.2, 0.25) is 0 Å².